The molecule has 0 spiro atoms. The van der Waals surface area contributed by atoms with Gasteiger partial charge in [0.1, 0.15) is 0 Å². The fourth-order valence-electron chi connectivity index (χ4n) is 2.81. The first-order valence-electron chi connectivity index (χ1n) is 7.60. The molecule has 2 aromatic rings. The van der Waals surface area contributed by atoms with Crippen molar-refractivity contribution in [3.8, 4) is 0 Å². The van der Waals surface area contributed by atoms with Gasteiger partial charge < -0.3 is 15.4 Å². The van der Waals surface area contributed by atoms with Crippen molar-refractivity contribution in [1.29, 1.82) is 0 Å². The second-order valence-corrected chi connectivity index (χ2v) is 7.07. The SMILES string of the molecule is O=C(NCC1(c2cccs2)CCOCC1)Nc1ccc(Cl)cc1. The van der Waals surface area contributed by atoms with Crippen molar-refractivity contribution in [1.82, 2.24) is 5.32 Å². The second kappa shape index (κ2) is 7.34. The van der Waals surface area contributed by atoms with E-state index in [9.17, 15) is 4.79 Å². The quantitative estimate of drug-likeness (QED) is 0.865. The summed E-state index contributed by atoms with van der Waals surface area (Å²) in [6.45, 7) is 2.08. The number of ether oxygens (including phenoxy) is 1. The molecule has 122 valence electrons. The molecule has 0 radical (unpaired) electrons. The topological polar surface area (TPSA) is 50.4 Å². The van der Waals surface area contributed by atoms with Gasteiger partial charge in [-0.3, -0.25) is 0 Å². The molecular formula is C17H19ClN2O2S. The number of nitrogens with one attached hydrogen (secondary N) is 2. The van der Waals surface area contributed by atoms with E-state index in [0.717, 1.165) is 31.7 Å². The number of rotatable bonds is 4. The van der Waals surface area contributed by atoms with Gasteiger partial charge in [0.25, 0.3) is 0 Å². The number of anilines is 1. The second-order valence-electron chi connectivity index (χ2n) is 5.68. The first kappa shape index (κ1) is 16.3. The first-order chi connectivity index (χ1) is 11.2. The molecule has 0 unspecified atom stereocenters. The third kappa shape index (κ3) is 4.05. The Hall–Kier alpha value is -1.56. The van der Waals surface area contributed by atoms with E-state index in [2.05, 4.69) is 28.1 Å². The van der Waals surface area contributed by atoms with Crippen LogP contribution in [0.1, 0.15) is 17.7 Å². The number of hydrogen-bond donors (Lipinski definition) is 2. The number of carbonyl (C=O) groups excluding carboxylic acids is 1. The fourth-order valence-corrected chi connectivity index (χ4v) is 3.92. The Morgan fingerprint density at radius 2 is 1.96 bits per heavy atom. The molecule has 1 fully saturated rings. The molecule has 2 heterocycles. The molecule has 4 nitrogen and oxygen atoms in total. The van der Waals surface area contributed by atoms with Crippen molar-refractivity contribution in [3.63, 3.8) is 0 Å². The number of amides is 2. The third-order valence-electron chi connectivity index (χ3n) is 4.18. The van der Waals surface area contributed by atoms with Gasteiger partial charge >= 0.3 is 6.03 Å². The summed E-state index contributed by atoms with van der Waals surface area (Å²) in [6, 6.07) is 11.1. The number of hydrogen-bond acceptors (Lipinski definition) is 3. The lowest BCUT2D eigenvalue weighted by molar-refractivity contribution is 0.0521. The number of benzene rings is 1. The van der Waals surface area contributed by atoms with Crippen LogP contribution in [-0.2, 0) is 10.2 Å². The zero-order valence-electron chi connectivity index (χ0n) is 12.7. The van der Waals surface area contributed by atoms with E-state index >= 15 is 0 Å². The molecule has 6 heteroatoms. The molecule has 0 bridgehead atoms. The Kier molecular flexibility index (Phi) is 5.20. The van der Waals surface area contributed by atoms with Crippen LogP contribution in [0.25, 0.3) is 0 Å². The average Bonchev–Trinajstić information content (AvgIpc) is 3.11. The molecule has 2 N–H and O–H groups in total. The molecule has 0 atom stereocenters. The standard InChI is InChI=1S/C17H19ClN2O2S/c18-13-3-5-14(6-4-13)20-16(21)19-12-17(7-9-22-10-8-17)15-2-1-11-23-15/h1-6,11H,7-10,12H2,(H2,19,20,21). The van der Waals surface area contributed by atoms with Crippen LogP contribution in [-0.4, -0.2) is 25.8 Å². The Morgan fingerprint density at radius 3 is 2.61 bits per heavy atom. The smallest absolute Gasteiger partial charge is 0.319 e. The van der Waals surface area contributed by atoms with Crippen LogP contribution in [0.4, 0.5) is 10.5 Å². The summed E-state index contributed by atoms with van der Waals surface area (Å²) in [5.74, 6) is 0. The predicted molar refractivity (Wildman–Crippen MR) is 94.5 cm³/mol. The normalized spacial score (nSPS) is 16.7. The lowest BCUT2D eigenvalue weighted by Crippen LogP contribution is -2.45. The maximum Gasteiger partial charge on any atom is 0.319 e. The minimum atomic E-state index is -0.199. The maximum atomic E-state index is 12.2. The van der Waals surface area contributed by atoms with Crippen molar-refractivity contribution >= 4 is 34.7 Å². The van der Waals surface area contributed by atoms with E-state index in [0.29, 0.717) is 11.6 Å². The van der Waals surface area contributed by atoms with Gasteiger partial charge in [0, 0.05) is 40.8 Å². The van der Waals surface area contributed by atoms with Crippen molar-refractivity contribution in [2.24, 2.45) is 0 Å². The van der Waals surface area contributed by atoms with Crippen molar-refractivity contribution in [2.75, 3.05) is 25.1 Å². The van der Waals surface area contributed by atoms with Crippen LogP contribution in [0, 0.1) is 0 Å². The number of halogens is 1. The van der Waals surface area contributed by atoms with Crippen molar-refractivity contribution in [2.45, 2.75) is 18.3 Å². The maximum absolute atomic E-state index is 12.2. The predicted octanol–water partition coefficient (Wildman–Crippen LogP) is 4.27. The summed E-state index contributed by atoms with van der Waals surface area (Å²) in [5.41, 5.74) is 0.702. The summed E-state index contributed by atoms with van der Waals surface area (Å²) in [4.78, 5) is 13.5. The van der Waals surface area contributed by atoms with Gasteiger partial charge in [0.2, 0.25) is 0 Å². The third-order valence-corrected chi connectivity index (χ3v) is 5.55. The van der Waals surface area contributed by atoms with Crippen LogP contribution in [0.15, 0.2) is 41.8 Å². The molecular weight excluding hydrogens is 332 g/mol. The fraction of sp³-hybridized carbons (Fsp3) is 0.353. The first-order valence-corrected chi connectivity index (χ1v) is 8.86. The molecule has 1 aliphatic rings. The summed E-state index contributed by atoms with van der Waals surface area (Å²) in [5, 5.41) is 8.58. The number of thiophene rings is 1. The van der Waals surface area contributed by atoms with E-state index in [1.165, 1.54) is 4.88 Å². The molecule has 0 aliphatic carbocycles. The molecule has 1 aromatic heterocycles. The Labute approximate surface area is 144 Å². The molecule has 3 rings (SSSR count). The molecule has 1 aliphatic heterocycles. The minimum absolute atomic E-state index is 0.0241. The Bertz CT molecular complexity index is 637. The van der Waals surface area contributed by atoms with Crippen molar-refractivity contribution in [3.05, 3.63) is 51.7 Å². The van der Waals surface area contributed by atoms with Gasteiger partial charge in [0.15, 0.2) is 0 Å². The number of carbonyl (C=O) groups is 1. The van der Waals surface area contributed by atoms with Gasteiger partial charge in [-0.1, -0.05) is 17.7 Å². The van der Waals surface area contributed by atoms with Gasteiger partial charge in [-0.15, -0.1) is 11.3 Å². The van der Waals surface area contributed by atoms with Gasteiger partial charge in [0.05, 0.1) is 0 Å². The largest absolute Gasteiger partial charge is 0.381 e. The molecule has 2 amide bonds. The van der Waals surface area contributed by atoms with E-state index in [1.807, 2.05) is 0 Å². The molecule has 0 saturated carbocycles. The molecule has 1 aromatic carbocycles. The van der Waals surface area contributed by atoms with E-state index in [-0.39, 0.29) is 11.4 Å². The van der Waals surface area contributed by atoms with Gasteiger partial charge in [-0.25, -0.2) is 4.79 Å². The van der Waals surface area contributed by atoms with E-state index in [1.54, 1.807) is 35.6 Å². The highest BCUT2D eigenvalue weighted by molar-refractivity contribution is 7.10. The summed E-state index contributed by atoms with van der Waals surface area (Å²) in [7, 11) is 0. The highest BCUT2D eigenvalue weighted by atomic mass is 35.5. The van der Waals surface area contributed by atoms with E-state index in [4.69, 9.17) is 16.3 Å². The zero-order chi connectivity index (χ0) is 16.1. The monoisotopic (exact) mass is 350 g/mol. The zero-order valence-corrected chi connectivity index (χ0v) is 14.3. The Morgan fingerprint density at radius 1 is 1.22 bits per heavy atom. The van der Waals surface area contributed by atoms with E-state index < -0.39 is 0 Å². The van der Waals surface area contributed by atoms with Crippen LogP contribution < -0.4 is 10.6 Å². The lowest BCUT2D eigenvalue weighted by Gasteiger charge is -2.36. The van der Waals surface area contributed by atoms with Gasteiger partial charge in [-0.2, -0.15) is 0 Å². The lowest BCUT2D eigenvalue weighted by atomic mass is 9.78. The average molecular weight is 351 g/mol. The van der Waals surface area contributed by atoms with Crippen LogP contribution >= 0.6 is 22.9 Å². The summed E-state index contributed by atoms with van der Waals surface area (Å²) >= 11 is 7.59. The summed E-state index contributed by atoms with van der Waals surface area (Å²) < 4.78 is 5.50. The Balaban J connectivity index is 1.62. The minimum Gasteiger partial charge on any atom is -0.381 e. The van der Waals surface area contributed by atoms with Crippen LogP contribution in [0.5, 0.6) is 0 Å². The molecule has 23 heavy (non-hydrogen) atoms. The van der Waals surface area contributed by atoms with Crippen LogP contribution in [0.2, 0.25) is 5.02 Å². The summed E-state index contributed by atoms with van der Waals surface area (Å²) in [6.07, 6.45) is 1.85. The van der Waals surface area contributed by atoms with Crippen molar-refractivity contribution < 1.29 is 9.53 Å². The highest BCUT2D eigenvalue weighted by Crippen LogP contribution is 2.36. The number of urea groups is 1. The molecule has 1 saturated heterocycles. The van der Waals surface area contributed by atoms with Crippen LogP contribution in [0.3, 0.4) is 0 Å². The highest BCUT2D eigenvalue weighted by Gasteiger charge is 2.35. The van der Waals surface area contributed by atoms with Gasteiger partial charge in [-0.05, 0) is 48.6 Å².